The second-order valence-corrected chi connectivity index (χ2v) is 5.92. The van der Waals surface area contributed by atoms with Gasteiger partial charge in [-0.15, -0.1) is 0 Å². The summed E-state index contributed by atoms with van der Waals surface area (Å²) in [7, 11) is 2.09. The summed E-state index contributed by atoms with van der Waals surface area (Å²) in [5, 5.41) is 4.62. The number of aryl methyl sites for hydroxylation is 2. The molecule has 3 nitrogen and oxygen atoms in total. The van der Waals surface area contributed by atoms with Gasteiger partial charge in [-0.25, -0.2) is 9.97 Å². The molecular formula is C18H20BN3. The molecule has 0 fully saturated rings. The van der Waals surface area contributed by atoms with Gasteiger partial charge in [-0.3, -0.25) is 0 Å². The van der Waals surface area contributed by atoms with Crippen molar-refractivity contribution in [3.05, 3.63) is 59.4 Å². The van der Waals surface area contributed by atoms with E-state index in [9.17, 15) is 0 Å². The summed E-state index contributed by atoms with van der Waals surface area (Å²) in [6, 6.07) is 15.0. The Labute approximate surface area is 132 Å². The second-order valence-electron chi connectivity index (χ2n) is 5.92. The van der Waals surface area contributed by atoms with Gasteiger partial charge < -0.3 is 5.32 Å². The zero-order chi connectivity index (χ0) is 15.7. The molecule has 0 saturated heterocycles. The first kappa shape index (κ1) is 14.6. The summed E-state index contributed by atoms with van der Waals surface area (Å²) in [4.78, 5) is 9.13. The lowest BCUT2D eigenvalue weighted by Gasteiger charge is -2.17. The van der Waals surface area contributed by atoms with E-state index in [1.165, 1.54) is 16.6 Å². The maximum atomic E-state index is 4.61. The van der Waals surface area contributed by atoms with E-state index in [1.54, 1.807) is 0 Å². The van der Waals surface area contributed by atoms with Gasteiger partial charge in [0.25, 0.3) is 0 Å². The number of anilines is 1. The number of nitrogens with zero attached hydrogens (tertiary/aromatic N) is 2. The van der Waals surface area contributed by atoms with E-state index in [0.29, 0.717) is 0 Å². The van der Waals surface area contributed by atoms with Crippen molar-refractivity contribution in [2.24, 2.45) is 0 Å². The molecule has 1 N–H and O–H groups in total. The molecular weight excluding hydrogens is 269 g/mol. The van der Waals surface area contributed by atoms with Gasteiger partial charge >= 0.3 is 0 Å². The van der Waals surface area contributed by atoms with Gasteiger partial charge in [-0.05, 0) is 32.4 Å². The quantitative estimate of drug-likeness (QED) is 0.753. The maximum Gasteiger partial charge on any atom is 0.139 e. The first-order valence-corrected chi connectivity index (χ1v) is 7.61. The van der Waals surface area contributed by atoms with Gasteiger partial charge in [-0.2, -0.15) is 0 Å². The third-order valence-electron chi connectivity index (χ3n) is 3.86. The Balaban J connectivity index is 2.01. The standard InChI is InChI=1S/C18H20BN3/c1-11-5-4-6-14(9-11)12(2)20-18-16-10-15(19)7-8-17(16)21-13(3)22-18/h4-10,12H,19H2,1-3H3,(H,20,21,22)/t12-/m1/s1. The molecule has 3 aromatic rings. The highest BCUT2D eigenvalue weighted by Gasteiger charge is 2.11. The highest BCUT2D eigenvalue weighted by atomic mass is 15.0. The van der Waals surface area contributed by atoms with E-state index in [1.807, 2.05) is 6.92 Å². The molecule has 0 aliphatic carbocycles. The summed E-state index contributed by atoms with van der Waals surface area (Å²) >= 11 is 0. The van der Waals surface area contributed by atoms with Gasteiger partial charge in [0.05, 0.1) is 5.52 Å². The number of hydrogen-bond acceptors (Lipinski definition) is 3. The molecule has 0 saturated carbocycles. The van der Waals surface area contributed by atoms with Gasteiger partial charge in [-0.1, -0.05) is 47.4 Å². The fourth-order valence-electron chi connectivity index (χ4n) is 2.70. The van der Waals surface area contributed by atoms with Crippen molar-refractivity contribution < 1.29 is 0 Å². The van der Waals surface area contributed by atoms with Crippen molar-refractivity contribution in [1.82, 2.24) is 9.97 Å². The van der Waals surface area contributed by atoms with Crippen LogP contribution >= 0.6 is 0 Å². The van der Waals surface area contributed by atoms with Crippen LogP contribution in [0.15, 0.2) is 42.5 Å². The molecule has 110 valence electrons. The highest BCUT2D eigenvalue weighted by Crippen LogP contribution is 2.24. The minimum absolute atomic E-state index is 0.193. The summed E-state index contributed by atoms with van der Waals surface area (Å²) < 4.78 is 0. The third kappa shape index (κ3) is 2.96. The molecule has 2 aromatic carbocycles. The van der Waals surface area contributed by atoms with Crippen molar-refractivity contribution in [3.8, 4) is 0 Å². The Bertz CT molecular complexity index is 830. The van der Waals surface area contributed by atoms with Gasteiger partial charge in [0.1, 0.15) is 19.5 Å². The van der Waals surface area contributed by atoms with E-state index in [4.69, 9.17) is 0 Å². The van der Waals surface area contributed by atoms with Crippen molar-refractivity contribution in [1.29, 1.82) is 0 Å². The van der Waals surface area contributed by atoms with Gasteiger partial charge in [0.15, 0.2) is 0 Å². The maximum absolute atomic E-state index is 4.61. The Morgan fingerprint density at radius 3 is 2.64 bits per heavy atom. The van der Waals surface area contributed by atoms with E-state index < -0.39 is 0 Å². The lowest BCUT2D eigenvalue weighted by atomic mass is 9.95. The van der Waals surface area contributed by atoms with Crippen LogP contribution in [0.25, 0.3) is 10.9 Å². The topological polar surface area (TPSA) is 37.8 Å². The third-order valence-corrected chi connectivity index (χ3v) is 3.86. The summed E-state index contributed by atoms with van der Waals surface area (Å²) in [6.07, 6.45) is 0. The zero-order valence-corrected chi connectivity index (χ0v) is 13.5. The van der Waals surface area contributed by atoms with E-state index in [-0.39, 0.29) is 6.04 Å². The number of benzene rings is 2. The van der Waals surface area contributed by atoms with Gasteiger partial charge in [0.2, 0.25) is 0 Å². The van der Waals surface area contributed by atoms with Crippen LogP contribution in [0, 0.1) is 13.8 Å². The van der Waals surface area contributed by atoms with E-state index in [0.717, 1.165) is 22.5 Å². The molecule has 3 rings (SSSR count). The van der Waals surface area contributed by atoms with Crippen LogP contribution in [-0.4, -0.2) is 17.8 Å². The van der Waals surface area contributed by atoms with Crippen LogP contribution in [0.4, 0.5) is 5.82 Å². The SMILES string of the molecule is Bc1ccc2nc(C)nc(N[C@H](C)c3cccc(C)c3)c2c1. The zero-order valence-electron chi connectivity index (χ0n) is 13.5. The predicted molar refractivity (Wildman–Crippen MR) is 95.7 cm³/mol. The molecule has 1 atom stereocenters. The largest absolute Gasteiger partial charge is 0.363 e. The van der Waals surface area contributed by atoms with E-state index in [2.05, 4.69) is 79.4 Å². The second kappa shape index (κ2) is 5.80. The monoisotopic (exact) mass is 289 g/mol. The molecule has 4 heteroatoms. The average molecular weight is 289 g/mol. The molecule has 1 heterocycles. The van der Waals surface area contributed by atoms with Crippen molar-refractivity contribution in [2.75, 3.05) is 5.32 Å². The first-order valence-electron chi connectivity index (χ1n) is 7.61. The fourth-order valence-corrected chi connectivity index (χ4v) is 2.70. The number of nitrogens with one attached hydrogen (secondary N) is 1. The average Bonchev–Trinajstić information content (AvgIpc) is 2.48. The molecule has 0 spiro atoms. The smallest absolute Gasteiger partial charge is 0.139 e. The van der Waals surface area contributed by atoms with Crippen LogP contribution in [-0.2, 0) is 0 Å². The first-order chi connectivity index (χ1) is 10.5. The fraction of sp³-hybridized carbons (Fsp3) is 0.222. The molecule has 0 bridgehead atoms. The lowest BCUT2D eigenvalue weighted by molar-refractivity contribution is 0.870. The van der Waals surface area contributed by atoms with Crippen LogP contribution < -0.4 is 10.8 Å². The van der Waals surface area contributed by atoms with E-state index >= 15 is 0 Å². The molecule has 1 aromatic heterocycles. The molecule has 0 aliphatic rings. The summed E-state index contributed by atoms with van der Waals surface area (Å²) in [5.41, 5.74) is 4.73. The van der Waals surface area contributed by atoms with Crippen LogP contribution in [0.3, 0.4) is 0 Å². The van der Waals surface area contributed by atoms with Gasteiger partial charge in [0, 0.05) is 11.4 Å². The van der Waals surface area contributed by atoms with Crippen LogP contribution in [0.2, 0.25) is 0 Å². The normalized spacial score (nSPS) is 12.3. The van der Waals surface area contributed by atoms with Crippen molar-refractivity contribution in [3.63, 3.8) is 0 Å². The molecule has 0 radical (unpaired) electrons. The summed E-state index contributed by atoms with van der Waals surface area (Å²) in [5.74, 6) is 1.69. The highest BCUT2D eigenvalue weighted by molar-refractivity contribution is 6.33. The van der Waals surface area contributed by atoms with Crippen LogP contribution in [0.5, 0.6) is 0 Å². The molecule has 0 unspecified atom stereocenters. The summed E-state index contributed by atoms with van der Waals surface area (Å²) in [6.45, 7) is 6.21. The lowest BCUT2D eigenvalue weighted by Crippen LogP contribution is -2.11. The molecule has 0 amide bonds. The minimum atomic E-state index is 0.193. The minimum Gasteiger partial charge on any atom is -0.363 e. The van der Waals surface area contributed by atoms with Crippen molar-refractivity contribution >= 4 is 30.0 Å². The number of rotatable bonds is 3. The number of aromatic nitrogens is 2. The Kier molecular flexibility index (Phi) is 3.84. The molecule has 22 heavy (non-hydrogen) atoms. The number of hydrogen-bond donors (Lipinski definition) is 1. The Morgan fingerprint density at radius 1 is 1.05 bits per heavy atom. The van der Waals surface area contributed by atoms with Crippen molar-refractivity contribution in [2.45, 2.75) is 26.8 Å². The number of fused-ring (bicyclic) bond motifs is 1. The van der Waals surface area contributed by atoms with Crippen LogP contribution in [0.1, 0.15) is 29.9 Å². The molecule has 0 aliphatic heterocycles. The predicted octanol–water partition coefficient (Wildman–Crippen LogP) is 2.68. The Morgan fingerprint density at radius 2 is 1.86 bits per heavy atom. The Hall–Kier alpha value is -2.36.